The van der Waals surface area contributed by atoms with Gasteiger partial charge in [-0.2, -0.15) is 4.31 Å². The van der Waals surface area contributed by atoms with Crippen LogP contribution in [0.4, 0.5) is 10.5 Å². The predicted octanol–water partition coefficient (Wildman–Crippen LogP) is 3.94. The number of rotatable bonds is 11. The van der Waals surface area contributed by atoms with Crippen LogP contribution < -0.4 is 5.32 Å². The van der Waals surface area contributed by atoms with E-state index in [1.54, 1.807) is 20.8 Å². The maximum absolute atomic E-state index is 13.4. The highest BCUT2D eigenvalue weighted by molar-refractivity contribution is 7.89. The number of sulfonamides is 1. The highest BCUT2D eigenvalue weighted by Gasteiger charge is 2.54. The smallest absolute Gasteiger partial charge is 0.407 e. The number of esters is 1. The molecule has 2 aromatic rings. The third kappa shape index (κ3) is 7.86. The van der Waals surface area contributed by atoms with Crippen LogP contribution in [-0.4, -0.2) is 53.9 Å². The van der Waals surface area contributed by atoms with Gasteiger partial charge in [-0.1, -0.05) is 48.5 Å². The monoisotopic (exact) mass is 545 g/mol. The molecule has 1 N–H and O–H groups in total. The van der Waals surface area contributed by atoms with Crippen LogP contribution in [0.5, 0.6) is 0 Å². The summed E-state index contributed by atoms with van der Waals surface area (Å²) in [6, 6.07) is 13.1. The molecule has 0 aliphatic carbocycles. The number of nitrogens with zero attached hydrogens (tertiary/aromatic N) is 2. The largest absolute Gasteiger partial charge is 0.457 e. The maximum atomic E-state index is 13.4. The minimum atomic E-state index is -4.24. The fraction of sp³-hybridized carbons (Fsp3) is 0.385. The third-order valence-corrected chi connectivity index (χ3v) is 7.51. The number of ether oxygens (including phenoxy) is 2. The lowest BCUT2D eigenvalue weighted by atomic mass is 10.2. The van der Waals surface area contributed by atoms with Gasteiger partial charge in [0.25, 0.3) is 15.7 Å². The van der Waals surface area contributed by atoms with E-state index in [4.69, 9.17) is 9.47 Å². The number of nitrogens with one attached hydrogen (secondary N) is 1. The van der Waals surface area contributed by atoms with E-state index < -0.39 is 55.3 Å². The van der Waals surface area contributed by atoms with E-state index in [1.165, 1.54) is 24.3 Å². The highest BCUT2D eigenvalue weighted by atomic mass is 32.2. The molecule has 1 fully saturated rings. The Morgan fingerprint density at radius 2 is 1.76 bits per heavy atom. The molecule has 12 heteroatoms. The molecule has 204 valence electrons. The normalized spacial score (nSPS) is 19.1. The number of benzene rings is 2. The molecule has 1 unspecified atom stereocenters. The fourth-order valence-corrected chi connectivity index (χ4v) is 5.80. The van der Waals surface area contributed by atoms with Crippen molar-refractivity contribution in [2.75, 3.05) is 6.54 Å². The van der Waals surface area contributed by atoms with Crippen molar-refractivity contribution >= 4 is 27.8 Å². The van der Waals surface area contributed by atoms with E-state index in [0.717, 1.165) is 22.0 Å². The Balaban J connectivity index is 1.65. The van der Waals surface area contributed by atoms with Crippen LogP contribution in [0.2, 0.25) is 0 Å². The first-order valence-electron chi connectivity index (χ1n) is 12.0. The Hall–Kier alpha value is -3.77. The number of alkyl carbamates (subject to hydrolysis) is 1. The van der Waals surface area contributed by atoms with Crippen LogP contribution in [0.25, 0.3) is 0 Å². The van der Waals surface area contributed by atoms with Crippen molar-refractivity contribution in [3.8, 4) is 0 Å². The van der Waals surface area contributed by atoms with Gasteiger partial charge in [0.2, 0.25) is 0 Å². The number of nitro benzene ring substituents is 1. The van der Waals surface area contributed by atoms with Gasteiger partial charge >= 0.3 is 12.1 Å². The number of amides is 1. The average molecular weight is 546 g/mol. The summed E-state index contributed by atoms with van der Waals surface area (Å²) < 4.78 is 38.2. The summed E-state index contributed by atoms with van der Waals surface area (Å²) in [5, 5.41) is 14.1. The first-order valence-corrected chi connectivity index (χ1v) is 13.5. The molecule has 11 nitrogen and oxygen atoms in total. The van der Waals surface area contributed by atoms with E-state index in [2.05, 4.69) is 5.32 Å². The lowest BCUT2D eigenvalue weighted by Gasteiger charge is -2.17. The van der Waals surface area contributed by atoms with E-state index in [1.807, 2.05) is 30.3 Å². The molecule has 3 rings (SSSR count). The van der Waals surface area contributed by atoms with Crippen LogP contribution in [-0.2, 0) is 30.9 Å². The molecular formula is C26H31N3O8S. The Bertz CT molecular complexity index is 1290. The number of hydrogen-bond acceptors (Lipinski definition) is 8. The van der Waals surface area contributed by atoms with Crippen LogP contribution >= 0.6 is 0 Å². The minimum absolute atomic E-state index is 0.120. The summed E-state index contributed by atoms with van der Waals surface area (Å²) in [7, 11) is -4.24. The van der Waals surface area contributed by atoms with Gasteiger partial charge in [-0.05, 0) is 45.2 Å². The molecule has 0 spiro atoms. The molecule has 38 heavy (non-hydrogen) atoms. The molecule has 2 aromatic carbocycles. The molecular weight excluding hydrogens is 514 g/mol. The van der Waals surface area contributed by atoms with Crippen molar-refractivity contribution in [1.29, 1.82) is 0 Å². The maximum Gasteiger partial charge on any atom is 0.407 e. The third-order valence-electron chi connectivity index (χ3n) is 5.54. The molecule has 1 heterocycles. The lowest BCUT2D eigenvalue weighted by molar-refractivity contribution is -0.387. The van der Waals surface area contributed by atoms with Gasteiger partial charge in [-0.25, -0.2) is 18.0 Å². The standard InChI is InChI=1S/C26H31N3O8S/c1-26(2,3)37-24(30)16-15-21-20(13-9-17-27-25(31)36-18-19-10-5-4-6-11-19)28(21)38(34,35)23-14-8-7-12-22(23)29(32)33/h4-8,10-12,14-16,20-21H,9,13,17-18H2,1-3H3,(H,27,31)/b16-15+/t20-,21+,28?/m0/s1. The van der Waals surface area contributed by atoms with Crippen molar-refractivity contribution in [3.63, 3.8) is 0 Å². The zero-order valence-corrected chi connectivity index (χ0v) is 22.2. The van der Waals surface area contributed by atoms with Crippen molar-refractivity contribution < 1.29 is 32.4 Å². The SMILES string of the molecule is CC(C)(C)OC(=O)/C=C/[C@@H]1[C@H](CCCNC(=O)OCc2ccccc2)N1S(=O)(=O)c1ccccc1[N+](=O)[O-]. The average Bonchev–Trinajstić information content (AvgIpc) is 3.57. The van der Waals surface area contributed by atoms with E-state index in [-0.39, 0.29) is 13.2 Å². The molecule has 0 aromatic heterocycles. The second kappa shape index (κ2) is 12.2. The summed E-state index contributed by atoms with van der Waals surface area (Å²) in [6.07, 6.45) is 2.73. The van der Waals surface area contributed by atoms with Gasteiger partial charge in [0.1, 0.15) is 12.2 Å². The Morgan fingerprint density at radius 3 is 2.42 bits per heavy atom. The van der Waals surface area contributed by atoms with Crippen LogP contribution in [0, 0.1) is 10.1 Å². The molecule has 1 aliphatic heterocycles. The highest BCUT2D eigenvalue weighted by Crippen LogP contribution is 2.41. The Morgan fingerprint density at radius 1 is 1.11 bits per heavy atom. The predicted molar refractivity (Wildman–Crippen MR) is 139 cm³/mol. The second-order valence-corrected chi connectivity index (χ2v) is 11.5. The van der Waals surface area contributed by atoms with Crippen LogP contribution in [0.1, 0.15) is 39.2 Å². The molecule has 0 saturated carbocycles. The number of para-hydroxylation sites is 1. The van der Waals surface area contributed by atoms with Gasteiger partial charge in [-0.15, -0.1) is 0 Å². The number of carbonyl (C=O) groups excluding carboxylic acids is 2. The first kappa shape index (κ1) is 28.8. The van der Waals surface area contributed by atoms with Crippen molar-refractivity contribution in [2.24, 2.45) is 0 Å². The van der Waals surface area contributed by atoms with Gasteiger partial charge in [0.05, 0.1) is 11.0 Å². The van der Waals surface area contributed by atoms with Crippen LogP contribution in [0.15, 0.2) is 71.6 Å². The van der Waals surface area contributed by atoms with Gasteiger partial charge in [0.15, 0.2) is 4.90 Å². The van der Waals surface area contributed by atoms with E-state index in [9.17, 15) is 28.1 Å². The van der Waals surface area contributed by atoms with Crippen molar-refractivity contribution in [2.45, 2.75) is 62.8 Å². The van der Waals surface area contributed by atoms with Crippen LogP contribution in [0.3, 0.4) is 0 Å². The molecule has 0 bridgehead atoms. The molecule has 3 atom stereocenters. The Kier molecular flexibility index (Phi) is 9.23. The van der Waals surface area contributed by atoms with Gasteiger partial charge < -0.3 is 14.8 Å². The quantitative estimate of drug-likeness (QED) is 0.112. The topological polar surface area (TPSA) is 145 Å². The molecule has 1 amide bonds. The second-order valence-electron chi connectivity index (χ2n) is 9.64. The number of nitro groups is 1. The van der Waals surface area contributed by atoms with Crippen molar-refractivity contribution in [1.82, 2.24) is 9.62 Å². The van der Waals surface area contributed by atoms with Gasteiger partial charge in [0, 0.05) is 24.7 Å². The minimum Gasteiger partial charge on any atom is -0.457 e. The zero-order chi connectivity index (χ0) is 27.9. The lowest BCUT2D eigenvalue weighted by Crippen LogP contribution is -2.25. The first-order chi connectivity index (χ1) is 17.9. The van der Waals surface area contributed by atoms with Crippen molar-refractivity contribution in [3.05, 3.63) is 82.4 Å². The molecule has 0 radical (unpaired) electrons. The summed E-state index contributed by atoms with van der Waals surface area (Å²) in [6.45, 7) is 5.48. The molecule has 1 saturated heterocycles. The summed E-state index contributed by atoms with van der Waals surface area (Å²) >= 11 is 0. The van der Waals surface area contributed by atoms with E-state index >= 15 is 0 Å². The summed E-state index contributed by atoms with van der Waals surface area (Å²) in [5.41, 5.74) is -0.409. The zero-order valence-electron chi connectivity index (χ0n) is 21.4. The summed E-state index contributed by atoms with van der Waals surface area (Å²) in [5.74, 6) is -0.631. The Labute approximate surface area is 221 Å². The fourth-order valence-electron chi connectivity index (χ4n) is 3.85. The summed E-state index contributed by atoms with van der Waals surface area (Å²) in [4.78, 5) is 34.4. The molecule has 1 aliphatic rings. The van der Waals surface area contributed by atoms with Gasteiger partial charge in [-0.3, -0.25) is 10.1 Å². The van der Waals surface area contributed by atoms with E-state index in [0.29, 0.717) is 12.8 Å². The number of hydrogen-bond donors (Lipinski definition) is 1. The number of carbonyl (C=O) groups is 2.